The maximum Gasteiger partial charge on any atom is 0.333 e. The summed E-state index contributed by atoms with van der Waals surface area (Å²) >= 11 is 0. The van der Waals surface area contributed by atoms with Crippen LogP contribution in [0, 0.1) is 17.8 Å². The number of imidazole rings is 1. The molecule has 1 N–H and O–H groups in total. The lowest BCUT2D eigenvalue weighted by Crippen LogP contribution is -2.79. The van der Waals surface area contributed by atoms with Gasteiger partial charge in [-0.15, -0.1) is 0 Å². The molecule has 1 aromatic heterocycles. The first kappa shape index (κ1) is 44.0. The van der Waals surface area contributed by atoms with E-state index in [1.807, 2.05) is 24.3 Å². The second-order valence-corrected chi connectivity index (χ2v) is 21.0. The zero-order valence-corrected chi connectivity index (χ0v) is 40.0. The quantitative estimate of drug-likeness (QED) is 0.107. The van der Waals surface area contributed by atoms with E-state index in [1.165, 1.54) is 18.3 Å². The van der Waals surface area contributed by atoms with Crippen molar-refractivity contribution >= 4 is 34.8 Å². The third-order valence-corrected chi connectivity index (χ3v) is 15.9. The molecule has 0 amide bonds. The molecule has 1 spiro atoms. The summed E-state index contributed by atoms with van der Waals surface area (Å²) in [5.41, 5.74) is 3.56. The highest BCUT2D eigenvalue weighted by atomic mass is 16.6. The molecular weight excluding hydrogens is 819 g/mol. The molecule has 0 radical (unpaired) electrons. The summed E-state index contributed by atoms with van der Waals surface area (Å²) in [7, 11) is 3.56. The third-order valence-electron chi connectivity index (χ3n) is 15.9. The number of Topliss-reactive ketones (excluding diaryl/α,β-unsaturated/α-hetero) is 1. The smallest absolute Gasteiger partial charge is 0.333 e. The fourth-order valence-corrected chi connectivity index (χ4v) is 12.8. The van der Waals surface area contributed by atoms with E-state index in [0.29, 0.717) is 30.8 Å². The molecule has 3 saturated carbocycles. The van der Waals surface area contributed by atoms with Crippen LogP contribution in [0.4, 0.5) is 5.95 Å². The van der Waals surface area contributed by atoms with Crippen molar-refractivity contribution in [3.05, 3.63) is 82.0 Å². The molecule has 5 aliphatic heterocycles. The molecular formula is C53H67N5O7. The number of benzene rings is 2. The molecule has 6 heterocycles. The number of esters is 1. The summed E-state index contributed by atoms with van der Waals surface area (Å²) in [4.78, 5) is 39.0. The Morgan fingerprint density at radius 2 is 1.74 bits per heavy atom. The van der Waals surface area contributed by atoms with Gasteiger partial charge in [-0.3, -0.25) is 9.69 Å². The van der Waals surface area contributed by atoms with E-state index < -0.39 is 34.3 Å². The number of ether oxygens (including phenoxy) is 5. The number of allylic oxidation sites excluding steroid dienone is 4. The summed E-state index contributed by atoms with van der Waals surface area (Å²) in [5, 5.41) is 4.04. The van der Waals surface area contributed by atoms with Crippen LogP contribution in [-0.2, 0) is 25.5 Å². The van der Waals surface area contributed by atoms with Crippen molar-refractivity contribution in [3.63, 3.8) is 0 Å². The maximum atomic E-state index is 15.9. The molecule has 4 bridgehead atoms. The first-order valence-corrected chi connectivity index (χ1v) is 23.9. The number of hydrogen-bond donors (Lipinski definition) is 1. The third kappa shape index (κ3) is 6.74. The predicted molar refractivity (Wildman–Crippen MR) is 253 cm³/mol. The van der Waals surface area contributed by atoms with E-state index in [2.05, 4.69) is 106 Å². The van der Waals surface area contributed by atoms with Crippen molar-refractivity contribution in [2.24, 2.45) is 17.8 Å². The minimum Gasteiger partial charge on any atom is -0.491 e. The number of ketones is 1. The highest BCUT2D eigenvalue weighted by molar-refractivity contribution is 5.97. The van der Waals surface area contributed by atoms with Crippen molar-refractivity contribution in [1.29, 1.82) is 0 Å². The Kier molecular flexibility index (Phi) is 10.7. The van der Waals surface area contributed by atoms with Gasteiger partial charge in [0.15, 0.2) is 17.0 Å². The number of piperazine rings is 1. The van der Waals surface area contributed by atoms with Gasteiger partial charge in [-0.25, -0.2) is 9.78 Å². The van der Waals surface area contributed by atoms with Crippen LogP contribution in [0.2, 0.25) is 0 Å². The molecule has 12 heteroatoms. The number of rotatable bonds is 12. The monoisotopic (exact) mass is 886 g/mol. The van der Waals surface area contributed by atoms with Gasteiger partial charge in [-0.05, 0) is 112 Å². The number of likely N-dealkylation sites (N-methyl/N-ethyl adjacent to an activating group) is 1. The SMILES string of the molecule is COC(=O)/C(C)=C\CC12OC(C)(C)C3CC(C1=O)C1C4C(Nc5nc6ccccc6n51)c1c(OCCN5CCN(C)CC5)c5c(c(CC=C(C)C)c1OC432)OC(C)(CCC=C(C)C)C=C5. The number of aromatic nitrogens is 2. The molecule has 12 nitrogen and oxygen atoms in total. The zero-order valence-electron chi connectivity index (χ0n) is 40.0. The summed E-state index contributed by atoms with van der Waals surface area (Å²) < 4.78 is 37.5. The van der Waals surface area contributed by atoms with Gasteiger partial charge < -0.3 is 38.5 Å². The van der Waals surface area contributed by atoms with Gasteiger partial charge in [-0.1, -0.05) is 41.5 Å². The fraction of sp³-hybridized carbons (Fsp3) is 0.566. The van der Waals surface area contributed by atoms with Crippen molar-refractivity contribution in [2.45, 2.75) is 122 Å². The van der Waals surface area contributed by atoms with Gasteiger partial charge in [0.2, 0.25) is 5.95 Å². The highest BCUT2D eigenvalue weighted by Gasteiger charge is 2.86. The van der Waals surface area contributed by atoms with Crippen molar-refractivity contribution < 1.29 is 33.3 Å². The Labute approximate surface area is 384 Å². The lowest BCUT2D eigenvalue weighted by molar-refractivity contribution is -0.223. The number of methoxy groups -OCH3 is 1. The average Bonchev–Trinajstić information content (AvgIpc) is 3.71. The van der Waals surface area contributed by atoms with Crippen LogP contribution in [0.15, 0.2) is 65.3 Å². The highest BCUT2D eigenvalue weighted by Crippen LogP contribution is 2.76. The molecule has 8 unspecified atom stereocenters. The van der Waals surface area contributed by atoms with Gasteiger partial charge in [0.25, 0.3) is 0 Å². The lowest BCUT2D eigenvalue weighted by Gasteiger charge is -2.67. The Hall–Kier alpha value is -4.91. The first-order chi connectivity index (χ1) is 31.0. The number of carbonyl (C=O) groups excluding carboxylic acids is 2. The van der Waals surface area contributed by atoms with E-state index in [9.17, 15) is 4.79 Å². The van der Waals surface area contributed by atoms with Crippen LogP contribution < -0.4 is 19.5 Å². The van der Waals surface area contributed by atoms with Gasteiger partial charge in [0, 0.05) is 68.0 Å². The van der Waals surface area contributed by atoms with E-state index in [1.54, 1.807) is 6.92 Å². The van der Waals surface area contributed by atoms with Crippen LogP contribution in [-0.4, -0.2) is 107 Å². The standard InChI is InChI=1S/C53H67N5O7/c1-31(2)14-13-21-51(8)22-20-35-44(63-51)34(18-17-32(3)4)46-40(45(35)62-29-28-57-26-24-56(9)25-27-57)42-41-43(58-38-16-12-11-15-37(38)54-49(58)55-42)36-30-39-50(6,7)65-52(47(36)59,53(39,41)64-46)23-19-33(5)48(60)61-10/h11-12,14-17,19-20,22,36,39,41-43H,13,18,21,23-30H2,1-10H3,(H,54,55)/b33-19-. The average molecular weight is 886 g/mol. The van der Waals surface area contributed by atoms with Gasteiger partial charge in [0.05, 0.1) is 47.0 Å². The molecule has 3 aromatic rings. The summed E-state index contributed by atoms with van der Waals surface area (Å²) in [6.45, 7) is 21.9. The molecule has 3 aliphatic carbocycles. The van der Waals surface area contributed by atoms with Gasteiger partial charge in [0.1, 0.15) is 29.5 Å². The lowest BCUT2D eigenvalue weighted by atomic mass is 9.44. The number of carbonyl (C=O) groups is 2. The Morgan fingerprint density at radius 1 is 0.985 bits per heavy atom. The number of hydrogen-bond acceptors (Lipinski definition) is 11. The molecule has 65 heavy (non-hydrogen) atoms. The fourth-order valence-electron chi connectivity index (χ4n) is 12.8. The normalized spacial score (nSPS) is 31.4. The molecule has 2 aromatic carbocycles. The number of anilines is 1. The molecule has 8 atom stereocenters. The van der Waals surface area contributed by atoms with Crippen molar-refractivity contribution in [3.8, 4) is 17.2 Å². The number of nitrogens with one attached hydrogen (secondary N) is 1. The molecule has 11 rings (SSSR count). The van der Waals surface area contributed by atoms with E-state index in [-0.39, 0.29) is 36.1 Å². The summed E-state index contributed by atoms with van der Waals surface area (Å²) in [5.74, 6) is 1.62. The molecule has 8 aliphatic rings. The minimum absolute atomic E-state index is 0.0146. The number of para-hydroxylation sites is 2. The second kappa shape index (κ2) is 15.9. The van der Waals surface area contributed by atoms with E-state index >= 15 is 4.79 Å². The molecule has 5 fully saturated rings. The zero-order chi connectivity index (χ0) is 45.8. The number of fused-ring (bicyclic) bond motifs is 6. The minimum atomic E-state index is -1.42. The van der Waals surface area contributed by atoms with Crippen molar-refractivity contribution in [2.75, 3.05) is 58.8 Å². The maximum absolute atomic E-state index is 15.9. The van der Waals surface area contributed by atoms with Crippen LogP contribution in [0.25, 0.3) is 17.1 Å². The number of nitrogens with zero attached hydrogens (tertiary/aromatic N) is 4. The summed E-state index contributed by atoms with van der Waals surface area (Å²) in [6, 6.07) is 7.53. The van der Waals surface area contributed by atoms with Gasteiger partial charge >= 0.3 is 5.97 Å². The molecule has 346 valence electrons. The Balaban J connectivity index is 1.24. The topological polar surface area (TPSA) is 117 Å². The second-order valence-electron chi connectivity index (χ2n) is 21.0. The molecule has 2 saturated heterocycles. The van der Waals surface area contributed by atoms with E-state index in [0.717, 1.165) is 90.7 Å². The van der Waals surface area contributed by atoms with Gasteiger partial charge in [-0.2, -0.15) is 0 Å². The van der Waals surface area contributed by atoms with Crippen molar-refractivity contribution in [1.82, 2.24) is 19.4 Å². The van der Waals surface area contributed by atoms with Crippen LogP contribution in [0.3, 0.4) is 0 Å². The van der Waals surface area contributed by atoms with Crippen LogP contribution >= 0.6 is 0 Å². The first-order valence-electron chi connectivity index (χ1n) is 23.9. The largest absolute Gasteiger partial charge is 0.491 e. The Morgan fingerprint density at radius 3 is 2.48 bits per heavy atom. The van der Waals surface area contributed by atoms with Crippen LogP contribution in [0.1, 0.15) is 110 Å². The van der Waals surface area contributed by atoms with Crippen LogP contribution in [0.5, 0.6) is 17.2 Å². The predicted octanol–water partition coefficient (Wildman–Crippen LogP) is 8.81. The summed E-state index contributed by atoms with van der Waals surface area (Å²) in [6.07, 6.45) is 13.7. The Bertz CT molecular complexity index is 2570. The van der Waals surface area contributed by atoms with E-state index in [4.69, 9.17) is 28.7 Å².